The molecule has 1 aromatic heterocycles. The number of ether oxygens (including phenoxy) is 1. The second kappa shape index (κ2) is 7.50. The van der Waals surface area contributed by atoms with Crippen molar-refractivity contribution >= 4 is 39.9 Å². The average Bonchev–Trinajstić information content (AvgIpc) is 2.93. The number of aromatic nitrogens is 1. The Morgan fingerprint density at radius 3 is 2.48 bits per heavy atom. The number of carbonyl (C=O) groups excluding carboxylic acids is 3. The maximum absolute atomic E-state index is 12.0. The van der Waals surface area contributed by atoms with E-state index < -0.39 is 5.97 Å². The Morgan fingerprint density at radius 1 is 1.17 bits per heavy atom. The standard InChI is InChI=1S/C15H15N3O4S/c1-9(19)16-15-18-12(8-23-15)7-13(20)17-11-5-3-10(4-6-11)14(21)22-2/h3-6,8H,7H2,1-2H3,(H,17,20)(H,16,18,19). The van der Waals surface area contributed by atoms with Crippen LogP contribution in [0.1, 0.15) is 23.0 Å². The van der Waals surface area contributed by atoms with Crippen LogP contribution in [0.4, 0.5) is 10.8 Å². The largest absolute Gasteiger partial charge is 0.465 e. The minimum Gasteiger partial charge on any atom is -0.465 e. The average molecular weight is 333 g/mol. The second-order valence-corrected chi connectivity index (χ2v) is 5.48. The van der Waals surface area contributed by atoms with Crippen molar-refractivity contribution in [3.8, 4) is 0 Å². The zero-order chi connectivity index (χ0) is 16.8. The molecule has 0 unspecified atom stereocenters. The highest BCUT2D eigenvalue weighted by molar-refractivity contribution is 7.13. The summed E-state index contributed by atoms with van der Waals surface area (Å²) < 4.78 is 4.60. The van der Waals surface area contributed by atoms with Crippen molar-refractivity contribution < 1.29 is 19.1 Å². The maximum Gasteiger partial charge on any atom is 0.337 e. The van der Waals surface area contributed by atoms with Gasteiger partial charge in [0.15, 0.2) is 5.13 Å². The summed E-state index contributed by atoms with van der Waals surface area (Å²) in [6.07, 6.45) is 0.0921. The van der Waals surface area contributed by atoms with Crippen molar-refractivity contribution in [3.05, 3.63) is 40.9 Å². The van der Waals surface area contributed by atoms with Crippen molar-refractivity contribution in [1.29, 1.82) is 0 Å². The number of carbonyl (C=O) groups is 3. The van der Waals surface area contributed by atoms with Gasteiger partial charge in [0.05, 0.1) is 24.8 Å². The summed E-state index contributed by atoms with van der Waals surface area (Å²) in [7, 11) is 1.31. The smallest absolute Gasteiger partial charge is 0.337 e. The third-order valence-corrected chi connectivity index (χ3v) is 3.57. The molecule has 0 aliphatic rings. The summed E-state index contributed by atoms with van der Waals surface area (Å²) in [6, 6.07) is 6.38. The van der Waals surface area contributed by atoms with Crippen LogP contribution in [0, 0.1) is 0 Å². The molecule has 120 valence electrons. The van der Waals surface area contributed by atoms with Crippen molar-refractivity contribution in [2.75, 3.05) is 17.7 Å². The predicted molar refractivity (Wildman–Crippen MR) is 86.5 cm³/mol. The highest BCUT2D eigenvalue weighted by Crippen LogP contribution is 2.16. The third kappa shape index (κ3) is 4.89. The Hall–Kier alpha value is -2.74. The molecule has 1 aromatic carbocycles. The van der Waals surface area contributed by atoms with Crippen LogP contribution in [0.15, 0.2) is 29.6 Å². The van der Waals surface area contributed by atoms with E-state index in [4.69, 9.17) is 0 Å². The molecule has 23 heavy (non-hydrogen) atoms. The Labute approximate surface area is 136 Å². The van der Waals surface area contributed by atoms with E-state index in [1.165, 1.54) is 25.4 Å². The van der Waals surface area contributed by atoms with Gasteiger partial charge in [0, 0.05) is 18.0 Å². The molecule has 0 atom stereocenters. The van der Waals surface area contributed by atoms with Crippen molar-refractivity contribution in [1.82, 2.24) is 4.98 Å². The monoisotopic (exact) mass is 333 g/mol. The molecule has 8 heteroatoms. The number of hydrogen-bond acceptors (Lipinski definition) is 6. The molecular formula is C15H15N3O4S. The summed E-state index contributed by atoms with van der Waals surface area (Å²) in [6.45, 7) is 1.39. The molecule has 1 heterocycles. The van der Waals surface area contributed by atoms with E-state index in [1.54, 1.807) is 29.6 Å². The lowest BCUT2D eigenvalue weighted by molar-refractivity contribution is -0.116. The second-order valence-electron chi connectivity index (χ2n) is 4.62. The van der Waals surface area contributed by atoms with Gasteiger partial charge in [0.2, 0.25) is 11.8 Å². The Bertz CT molecular complexity index is 725. The predicted octanol–water partition coefficient (Wildman–Crippen LogP) is 2.07. The quantitative estimate of drug-likeness (QED) is 0.816. The number of nitrogens with one attached hydrogen (secondary N) is 2. The Kier molecular flexibility index (Phi) is 5.42. The first-order valence-corrected chi connectivity index (χ1v) is 7.56. The molecule has 0 radical (unpaired) electrons. The van der Waals surface area contributed by atoms with Crippen molar-refractivity contribution in [3.63, 3.8) is 0 Å². The summed E-state index contributed by atoms with van der Waals surface area (Å²) in [5.41, 5.74) is 1.55. The molecule has 0 fully saturated rings. The molecule has 0 aliphatic heterocycles. The summed E-state index contributed by atoms with van der Waals surface area (Å²) in [5.74, 6) is -0.882. The number of methoxy groups -OCH3 is 1. The van der Waals surface area contributed by atoms with Crippen LogP contribution in [0.25, 0.3) is 0 Å². The Balaban J connectivity index is 1.92. The van der Waals surface area contributed by atoms with Crippen LogP contribution < -0.4 is 10.6 Å². The molecule has 0 saturated carbocycles. The zero-order valence-electron chi connectivity index (χ0n) is 12.6. The van der Waals surface area contributed by atoms with E-state index in [2.05, 4.69) is 20.4 Å². The fourth-order valence-electron chi connectivity index (χ4n) is 1.77. The number of anilines is 2. The number of hydrogen-bond donors (Lipinski definition) is 2. The van der Waals surface area contributed by atoms with E-state index in [9.17, 15) is 14.4 Å². The van der Waals surface area contributed by atoms with Crippen LogP contribution in [-0.4, -0.2) is 29.9 Å². The van der Waals surface area contributed by atoms with Crippen LogP contribution in [0.5, 0.6) is 0 Å². The number of thiazole rings is 1. The van der Waals surface area contributed by atoms with E-state index in [0.717, 1.165) is 0 Å². The van der Waals surface area contributed by atoms with Crippen molar-refractivity contribution in [2.24, 2.45) is 0 Å². The van der Waals surface area contributed by atoms with E-state index in [0.29, 0.717) is 22.1 Å². The molecule has 2 amide bonds. The van der Waals surface area contributed by atoms with Gasteiger partial charge in [0.25, 0.3) is 0 Å². The van der Waals surface area contributed by atoms with E-state index >= 15 is 0 Å². The van der Waals surface area contributed by atoms with E-state index in [1.807, 2.05) is 0 Å². The zero-order valence-corrected chi connectivity index (χ0v) is 13.4. The molecule has 2 N–H and O–H groups in total. The highest BCUT2D eigenvalue weighted by Gasteiger charge is 2.10. The molecule has 0 saturated heterocycles. The molecule has 0 aliphatic carbocycles. The first-order chi connectivity index (χ1) is 11.0. The third-order valence-electron chi connectivity index (χ3n) is 2.77. The highest BCUT2D eigenvalue weighted by atomic mass is 32.1. The van der Waals surface area contributed by atoms with Crippen LogP contribution >= 0.6 is 11.3 Å². The molecule has 2 aromatic rings. The number of rotatable bonds is 5. The lowest BCUT2D eigenvalue weighted by Gasteiger charge is -2.05. The summed E-state index contributed by atoms with van der Waals surface area (Å²) >= 11 is 1.26. The number of esters is 1. The van der Waals surface area contributed by atoms with Gasteiger partial charge in [-0.1, -0.05) is 0 Å². The van der Waals surface area contributed by atoms with Gasteiger partial charge in [0.1, 0.15) is 0 Å². The molecule has 0 bridgehead atoms. The van der Waals surface area contributed by atoms with Crippen molar-refractivity contribution in [2.45, 2.75) is 13.3 Å². The molecular weight excluding hydrogens is 318 g/mol. The van der Waals surface area contributed by atoms with E-state index in [-0.39, 0.29) is 18.2 Å². The molecule has 2 rings (SSSR count). The fourth-order valence-corrected chi connectivity index (χ4v) is 2.53. The minimum atomic E-state index is -0.434. The number of amides is 2. The number of benzene rings is 1. The first-order valence-electron chi connectivity index (χ1n) is 6.68. The normalized spacial score (nSPS) is 10.0. The Morgan fingerprint density at radius 2 is 1.87 bits per heavy atom. The van der Waals surface area contributed by atoms with Crippen LogP contribution in [0.3, 0.4) is 0 Å². The first kappa shape index (κ1) is 16.6. The molecule has 0 spiro atoms. The van der Waals surface area contributed by atoms with Gasteiger partial charge < -0.3 is 15.4 Å². The minimum absolute atomic E-state index is 0.0921. The lowest BCUT2D eigenvalue weighted by atomic mass is 10.2. The number of nitrogens with zero attached hydrogens (tertiary/aromatic N) is 1. The summed E-state index contributed by atoms with van der Waals surface area (Å²) in [5, 5.41) is 7.45. The van der Waals surface area contributed by atoms with Gasteiger partial charge in [-0.3, -0.25) is 9.59 Å². The van der Waals surface area contributed by atoms with Crippen LogP contribution in [0.2, 0.25) is 0 Å². The SMILES string of the molecule is COC(=O)c1ccc(NC(=O)Cc2csc(NC(C)=O)n2)cc1. The van der Waals surface area contributed by atoms with Crippen LogP contribution in [-0.2, 0) is 20.7 Å². The van der Waals surface area contributed by atoms with Gasteiger partial charge in [-0.15, -0.1) is 11.3 Å². The maximum atomic E-state index is 12.0. The topological polar surface area (TPSA) is 97.4 Å². The van der Waals surface area contributed by atoms with Gasteiger partial charge in [-0.25, -0.2) is 9.78 Å². The molecule has 7 nitrogen and oxygen atoms in total. The lowest BCUT2D eigenvalue weighted by Crippen LogP contribution is -2.15. The van der Waals surface area contributed by atoms with Gasteiger partial charge in [-0.2, -0.15) is 0 Å². The van der Waals surface area contributed by atoms with Gasteiger partial charge in [-0.05, 0) is 24.3 Å². The summed E-state index contributed by atoms with van der Waals surface area (Å²) in [4.78, 5) is 38.4. The van der Waals surface area contributed by atoms with Gasteiger partial charge >= 0.3 is 5.97 Å². The fraction of sp³-hybridized carbons (Fsp3) is 0.200.